The van der Waals surface area contributed by atoms with Crippen molar-refractivity contribution in [1.82, 2.24) is 0 Å². The van der Waals surface area contributed by atoms with Gasteiger partial charge in [-0.15, -0.1) is 0 Å². The number of benzene rings is 2. The van der Waals surface area contributed by atoms with Crippen LogP contribution in [0.5, 0.6) is 0 Å². The minimum absolute atomic E-state index is 0.185. The summed E-state index contributed by atoms with van der Waals surface area (Å²) < 4.78 is 5.62. The fraction of sp³-hybridized carbons (Fsp3) is 0.133. The fourth-order valence-corrected chi connectivity index (χ4v) is 3.12. The molecule has 0 aliphatic carbocycles. The van der Waals surface area contributed by atoms with Crippen molar-refractivity contribution in [3.8, 4) is 0 Å². The first kappa shape index (κ1) is 12.3. The lowest BCUT2D eigenvalue weighted by atomic mass is 9.64. The zero-order chi connectivity index (χ0) is 13.2. The Morgan fingerprint density at radius 3 is 2.89 bits per heavy atom. The van der Waals surface area contributed by atoms with E-state index in [9.17, 15) is 0 Å². The molecule has 0 saturated heterocycles. The summed E-state index contributed by atoms with van der Waals surface area (Å²) in [5.74, 6) is 0. The number of nitrogens with zero attached hydrogens (tertiary/aromatic N) is 1. The molecule has 0 bridgehead atoms. The Morgan fingerprint density at radius 2 is 2.05 bits per heavy atom. The number of hydrogen-bond acceptors (Lipinski definition) is 2. The monoisotopic (exact) mass is 265 g/mol. The minimum atomic E-state index is 0.185. The van der Waals surface area contributed by atoms with E-state index in [-0.39, 0.29) is 6.92 Å². The Kier molecular flexibility index (Phi) is 3.33. The third kappa shape index (κ3) is 2.53. The third-order valence-electron chi connectivity index (χ3n) is 3.23. The van der Waals surface area contributed by atoms with E-state index in [1.54, 1.807) is 11.8 Å². The average molecular weight is 265 g/mol. The van der Waals surface area contributed by atoms with E-state index in [1.165, 1.54) is 15.9 Å². The lowest BCUT2D eigenvalue weighted by Gasteiger charge is -2.05. The van der Waals surface area contributed by atoms with Crippen LogP contribution >= 0.6 is 11.8 Å². The average Bonchev–Trinajstić information content (AvgIpc) is 2.80. The molecule has 0 N–H and O–H groups in total. The molecule has 0 spiro atoms. The summed E-state index contributed by atoms with van der Waals surface area (Å²) in [6.45, 7) is 10.0. The lowest BCUT2D eigenvalue weighted by molar-refractivity contribution is 0.333. The van der Waals surface area contributed by atoms with Crippen LogP contribution in [0.2, 0.25) is 6.82 Å². The molecule has 0 fully saturated rings. The summed E-state index contributed by atoms with van der Waals surface area (Å²) in [5.41, 5.74) is 3.25. The van der Waals surface area contributed by atoms with E-state index in [4.69, 9.17) is 11.2 Å². The maximum absolute atomic E-state index is 7.05. The number of rotatable bonds is 2. The summed E-state index contributed by atoms with van der Waals surface area (Å²) in [5, 5.41) is 0. The molecule has 1 heterocycles. The van der Waals surface area contributed by atoms with Crippen molar-refractivity contribution in [1.29, 1.82) is 0 Å². The van der Waals surface area contributed by atoms with Gasteiger partial charge >= 0.3 is 6.92 Å². The highest BCUT2D eigenvalue weighted by Gasteiger charge is 2.23. The molecule has 3 rings (SSSR count). The molecule has 2 nitrogen and oxygen atoms in total. The van der Waals surface area contributed by atoms with Crippen LogP contribution in [0.1, 0.15) is 5.56 Å². The normalized spacial score (nSPS) is 13.2. The van der Waals surface area contributed by atoms with E-state index < -0.39 is 0 Å². The van der Waals surface area contributed by atoms with E-state index in [1.807, 2.05) is 24.3 Å². The molecular formula is C15H12BNOS. The molecule has 1 aliphatic heterocycles. The van der Waals surface area contributed by atoms with E-state index in [0.717, 1.165) is 4.90 Å². The van der Waals surface area contributed by atoms with Gasteiger partial charge in [-0.05, 0) is 23.2 Å². The van der Waals surface area contributed by atoms with Crippen LogP contribution in [0.15, 0.2) is 52.3 Å². The molecule has 92 valence electrons. The molecule has 0 aromatic heterocycles. The highest BCUT2D eigenvalue weighted by molar-refractivity contribution is 7.99. The summed E-state index contributed by atoms with van der Waals surface area (Å²) in [7, 11) is 0. The van der Waals surface area contributed by atoms with Gasteiger partial charge in [-0.1, -0.05) is 48.9 Å². The van der Waals surface area contributed by atoms with Gasteiger partial charge in [-0.2, -0.15) is 0 Å². The first-order valence-corrected chi connectivity index (χ1v) is 6.98. The second-order valence-corrected chi connectivity index (χ2v) is 5.67. The molecule has 0 atom stereocenters. The quantitative estimate of drug-likeness (QED) is 0.606. The first-order chi connectivity index (χ1) is 9.26. The molecule has 2 aromatic rings. The lowest BCUT2D eigenvalue weighted by Crippen LogP contribution is -2.24. The first-order valence-electron chi connectivity index (χ1n) is 6.16. The van der Waals surface area contributed by atoms with Crippen LogP contribution < -0.4 is 5.46 Å². The van der Waals surface area contributed by atoms with Crippen molar-refractivity contribution in [2.75, 3.05) is 0 Å². The largest absolute Gasteiger partial charge is 0.427 e. The predicted octanol–water partition coefficient (Wildman–Crippen LogP) is 3.75. The van der Waals surface area contributed by atoms with Gasteiger partial charge in [0.2, 0.25) is 0 Å². The summed E-state index contributed by atoms with van der Waals surface area (Å²) in [6.07, 6.45) is 0. The molecule has 0 amide bonds. The van der Waals surface area contributed by atoms with Gasteiger partial charge in [0.25, 0.3) is 0 Å². The molecule has 0 unspecified atom stereocenters. The highest BCUT2D eigenvalue weighted by atomic mass is 32.2. The van der Waals surface area contributed by atoms with Gasteiger partial charge < -0.3 is 4.65 Å². The van der Waals surface area contributed by atoms with Crippen LogP contribution in [0.25, 0.3) is 4.85 Å². The number of fused-ring (bicyclic) bond motifs is 1. The van der Waals surface area contributed by atoms with Gasteiger partial charge in [0.05, 0.1) is 13.2 Å². The molecule has 1 aliphatic rings. The summed E-state index contributed by atoms with van der Waals surface area (Å²) in [6, 6.07) is 14.2. The van der Waals surface area contributed by atoms with Crippen LogP contribution in [-0.4, -0.2) is 6.92 Å². The van der Waals surface area contributed by atoms with Crippen LogP contribution in [0.3, 0.4) is 0 Å². The molecule has 19 heavy (non-hydrogen) atoms. The zero-order valence-electron chi connectivity index (χ0n) is 10.6. The van der Waals surface area contributed by atoms with Crippen LogP contribution in [0, 0.1) is 6.57 Å². The Labute approximate surface area is 117 Å². The smallest absolute Gasteiger partial charge is 0.324 e. The van der Waals surface area contributed by atoms with E-state index in [2.05, 4.69) is 29.9 Å². The van der Waals surface area contributed by atoms with Crippen molar-refractivity contribution in [3.05, 3.63) is 59.4 Å². The van der Waals surface area contributed by atoms with Gasteiger partial charge in [0.15, 0.2) is 5.69 Å². The molecule has 0 saturated carbocycles. The van der Waals surface area contributed by atoms with Gasteiger partial charge in [0.1, 0.15) is 0 Å². The van der Waals surface area contributed by atoms with Crippen molar-refractivity contribution in [2.45, 2.75) is 23.2 Å². The van der Waals surface area contributed by atoms with Gasteiger partial charge in [-0.3, -0.25) is 0 Å². The Morgan fingerprint density at radius 1 is 1.21 bits per heavy atom. The maximum atomic E-state index is 7.05. The van der Waals surface area contributed by atoms with E-state index >= 15 is 0 Å². The van der Waals surface area contributed by atoms with Crippen molar-refractivity contribution >= 4 is 29.8 Å². The molecule has 2 aromatic carbocycles. The summed E-state index contributed by atoms with van der Waals surface area (Å²) >= 11 is 1.69. The topological polar surface area (TPSA) is 13.6 Å². The van der Waals surface area contributed by atoms with Crippen molar-refractivity contribution in [3.63, 3.8) is 0 Å². The second kappa shape index (κ2) is 5.12. The molecule has 0 radical (unpaired) electrons. The fourth-order valence-electron chi connectivity index (χ4n) is 2.20. The van der Waals surface area contributed by atoms with Gasteiger partial charge in [-0.25, -0.2) is 4.85 Å². The van der Waals surface area contributed by atoms with Crippen molar-refractivity contribution in [2.24, 2.45) is 0 Å². The summed E-state index contributed by atoms with van der Waals surface area (Å²) in [4.78, 5) is 5.75. The Hall–Kier alpha value is -1.70. The molecule has 4 heteroatoms. The van der Waals surface area contributed by atoms with Crippen molar-refractivity contribution < 1.29 is 4.65 Å². The van der Waals surface area contributed by atoms with Crippen LogP contribution in [-0.2, 0) is 11.3 Å². The third-order valence-corrected chi connectivity index (χ3v) is 4.21. The predicted molar refractivity (Wildman–Crippen MR) is 79.3 cm³/mol. The van der Waals surface area contributed by atoms with Crippen LogP contribution in [0.4, 0.5) is 5.69 Å². The highest BCUT2D eigenvalue weighted by Crippen LogP contribution is 2.30. The van der Waals surface area contributed by atoms with E-state index in [0.29, 0.717) is 12.3 Å². The Balaban J connectivity index is 1.88. The standard InChI is InChI=1S/C15H12BNOS/c1-16-15-9-14(7-6-11(15)10-18-16)19-13-5-3-4-12(8-13)17-2/h3-9H,10H2,1H3. The number of hydrogen-bond donors (Lipinski definition) is 0. The van der Waals surface area contributed by atoms with Gasteiger partial charge in [0, 0.05) is 9.79 Å². The second-order valence-electron chi connectivity index (χ2n) is 4.53. The SMILES string of the molecule is [C-]#[N+]c1cccc(Sc2ccc3c(c2)B(C)OC3)c1. The zero-order valence-corrected chi connectivity index (χ0v) is 11.4. The maximum Gasteiger partial charge on any atom is 0.324 e. The minimum Gasteiger partial charge on any atom is -0.427 e. The Bertz CT molecular complexity index is 665. The molecular weight excluding hydrogens is 253 g/mol.